The molecule has 1 heterocycles. The highest BCUT2D eigenvalue weighted by molar-refractivity contribution is 6.33. The van der Waals surface area contributed by atoms with E-state index in [2.05, 4.69) is 15.6 Å². The predicted octanol–water partition coefficient (Wildman–Crippen LogP) is 4.23. The number of carbonyl (C=O) groups excluding carboxylic acids is 2. The fraction of sp³-hybridized carbons (Fsp3) is 0.0952. The number of aromatic nitrogens is 1. The molecule has 0 saturated heterocycles. The number of halogens is 1. The summed E-state index contributed by atoms with van der Waals surface area (Å²) in [6, 6.07) is 16.3. The number of rotatable bonds is 5. The van der Waals surface area contributed by atoms with Crippen LogP contribution in [-0.2, 0) is 6.54 Å². The summed E-state index contributed by atoms with van der Waals surface area (Å²) < 4.78 is 0. The normalized spacial score (nSPS) is 10.3. The van der Waals surface area contributed by atoms with Crippen molar-refractivity contribution in [1.29, 1.82) is 0 Å². The molecule has 0 fully saturated rings. The minimum Gasteiger partial charge on any atom is -0.348 e. The van der Waals surface area contributed by atoms with Crippen molar-refractivity contribution in [2.75, 3.05) is 5.32 Å². The molecule has 3 aromatic rings. The lowest BCUT2D eigenvalue weighted by molar-refractivity contribution is 0.0950. The Morgan fingerprint density at radius 2 is 1.70 bits per heavy atom. The number of amides is 2. The van der Waals surface area contributed by atoms with Crippen LogP contribution in [0, 0.1) is 6.92 Å². The molecule has 0 spiro atoms. The monoisotopic (exact) mass is 379 g/mol. The van der Waals surface area contributed by atoms with Gasteiger partial charge in [0, 0.05) is 18.9 Å². The molecule has 27 heavy (non-hydrogen) atoms. The molecule has 2 aromatic carbocycles. The fourth-order valence-corrected chi connectivity index (χ4v) is 2.73. The van der Waals surface area contributed by atoms with Crippen LogP contribution < -0.4 is 10.6 Å². The van der Waals surface area contributed by atoms with E-state index in [0.29, 0.717) is 22.8 Å². The van der Waals surface area contributed by atoms with Gasteiger partial charge in [-0.05, 0) is 30.7 Å². The van der Waals surface area contributed by atoms with E-state index in [1.54, 1.807) is 24.3 Å². The van der Waals surface area contributed by atoms with Crippen molar-refractivity contribution < 1.29 is 9.59 Å². The largest absolute Gasteiger partial charge is 0.348 e. The van der Waals surface area contributed by atoms with Crippen molar-refractivity contribution >= 4 is 29.1 Å². The highest BCUT2D eigenvalue weighted by atomic mass is 35.5. The summed E-state index contributed by atoms with van der Waals surface area (Å²) in [7, 11) is 0. The van der Waals surface area contributed by atoms with Gasteiger partial charge in [-0.25, -0.2) is 0 Å². The average molecular weight is 380 g/mol. The van der Waals surface area contributed by atoms with Crippen molar-refractivity contribution in [3.63, 3.8) is 0 Å². The van der Waals surface area contributed by atoms with Crippen molar-refractivity contribution in [2.45, 2.75) is 13.5 Å². The zero-order valence-corrected chi connectivity index (χ0v) is 15.5. The highest BCUT2D eigenvalue weighted by Crippen LogP contribution is 2.21. The first-order chi connectivity index (χ1) is 13.0. The van der Waals surface area contributed by atoms with Crippen LogP contribution in [0.4, 0.5) is 5.69 Å². The van der Waals surface area contributed by atoms with Gasteiger partial charge in [0.1, 0.15) is 0 Å². The third-order valence-corrected chi connectivity index (χ3v) is 4.25. The molecule has 0 radical (unpaired) electrons. The number of nitrogens with one attached hydrogen (secondary N) is 2. The first-order valence-corrected chi connectivity index (χ1v) is 8.75. The third-order valence-electron chi connectivity index (χ3n) is 3.92. The maximum absolute atomic E-state index is 12.4. The number of anilines is 1. The Bertz CT molecular complexity index is 988. The SMILES string of the molecule is Cc1cccc(CNC(=O)c2cncc(C(=O)Nc3ccccc3Cl)c2)c1. The number of hydrogen-bond acceptors (Lipinski definition) is 3. The second-order valence-corrected chi connectivity index (χ2v) is 6.48. The minimum atomic E-state index is -0.385. The van der Waals surface area contributed by atoms with E-state index in [-0.39, 0.29) is 17.4 Å². The van der Waals surface area contributed by atoms with Gasteiger partial charge in [0.05, 0.1) is 21.8 Å². The maximum atomic E-state index is 12.4. The summed E-state index contributed by atoms with van der Waals surface area (Å²) in [4.78, 5) is 28.8. The molecular weight excluding hydrogens is 362 g/mol. The lowest BCUT2D eigenvalue weighted by Crippen LogP contribution is -2.23. The Kier molecular flexibility index (Phi) is 5.84. The average Bonchev–Trinajstić information content (AvgIpc) is 2.68. The molecule has 0 atom stereocenters. The molecule has 0 bridgehead atoms. The van der Waals surface area contributed by atoms with Gasteiger partial charge in [-0.3, -0.25) is 14.6 Å². The zero-order chi connectivity index (χ0) is 19.2. The van der Waals surface area contributed by atoms with E-state index < -0.39 is 0 Å². The fourth-order valence-electron chi connectivity index (χ4n) is 2.55. The summed E-state index contributed by atoms with van der Waals surface area (Å²) in [5.41, 5.74) is 3.22. The van der Waals surface area contributed by atoms with Crippen molar-refractivity contribution in [2.24, 2.45) is 0 Å². The van der Waals surface area contributed by atoms with Crippen molar-refractivity contribution in [3.05, 3.63) is 94.3 Å². The third kappa shape index (κ3) is 4.92. The number of hydrogen-bond donors (Lipinski definition) is 2. The summed E-state index contributed by atoms with van der Waals surface area (Å²) in [6.45, 7) is 2.40. The van der Waals surface area contributed by atoms with Crippen molar-refractivity contribution in [3.8, 4) is 0 Å². The summed E-state index contributed by atoms with van der Waals surface area (Å²) >= 11 is 6.05. The summed E-state index contributed by atoms with van der Waals surface area (Å²) in [5.74, 6) is -0.680. The van der Waals surface area contributed by atoms with E-state index in [9.17, 15) is 9.59 Å². The smallest absolute Gasteiger partial charge is 0.257 e. The van der Waals surface area contributed by atoms with Crippen LogP contribution in [0.15, 0.2) is 67.0 Å². The van der Waals surface area contributed by atoms with Crippen LogP contribution in [0.1, 0.15) is 31.8 Å². The van der Waals surface area contributed by atoms with Crippen molar-refractivity contribution in [1.82, 2.24) is 10.3 Å². The quantitative estimate of drug-likeness (QED) is 0.697. The number of para-hydroxylation sites is 1. The molecule has 0 unspecified atom stereocenters. The van der Waals surface area contributed by atoms with Crippen LogP contribution in [0.25, 0.3) is 0 Å². The molecule has 136 valence electrons. The summed E-state index contributed by atoms with van der Waals surface area (Å²) in [6.07, 6.45) is 2.83. The number of aryl methyl sites for hydroxylation is 1. The first kappa shape index (κ1) is 18.6. The Balaban J connectivity index is 1.68. The van der Waals surface area contributed by atoms with Gasteiger partial charge in [-0.2, -0.15) is 0 Å². The van der Waals surface area contributed by atoms with Crippen LogP contribution in [0.3, 0.4) is 0 Å². The molecule has 2 N–H and O–H groups in total. The molecule has 0 aliphatic carbocycles. The maximum Gasteiger partial charge on any atom is 0.257 e. The van der Waals surface area contributed by atoms with Crippen LogP contribution >= 0.6 is 11.6 Å². The van der Waals surface area contributed by atoms with Gasteiger partial charge in [0.2, 0.25) is 0 Å². The van der Waals surface area contributed by atoms with Gasteiger partial charge < -0.3 is 10.6 Å². The van der Waals surface area contributed by atoms with E-state index >= 15 is 0 Å². The molecule has 1 aromatic heterocycles. The van der Waals surface area contributed by atoms with Gasteiger partial charge in [-0.15, -0.1) is 0 Å². The molecule has 0 aliphatic heterocycles. The van der Waals surface area contributed by atoms with Gasteiger partial charge >= 0.3 is 0 Å². The molecule has 0 saturated carbocycles. The summed E-state index contributed by atoms with van der Waals surface area (Å²) in [5, 5.41) is 5.99. The number of benzene rings is 2. The Morgan fingerprint density at radius 1 is 0.963 bits per heavy atom. The zero-order valence-electron chi connectivity index (χ0n) is 14.7. The first-order valence-electron chi connectivity index (χ1n) is 8.37. The molecular formula is C21H18ClN3O2. The van der Waals surface area contributed by atoms with E-state index in [1.165, 1.54) is 18.5 Å². The molecule has 3 rings (SSSR count). The number of carbonyl (C=O) groups is 2. The van der Waals surface area contributed by atoms with Gasteiger partial charge in [-0.1, -0.05) is 53.6 Å². The molecule has 0 aliphatic rings. The Hall–Kier alpha value is -3.18. The lowest BCUT2D eigenvalue weighted by Gasteiger charge is -2.09. The highest BCUT2D eigenvalue weighted by Gasteiger charge is 2.12. The standard InChI is InChI=1S/C21H18ClN3O2/c1-14-5-4-6-15(9-14)11-24-20(26)16-10-17(13-23-12-16)21(27)25-19-8-3-2-7-18(19)22/h2-10,12-13H,11H2,1H3,(H,24,26)(H,25,27). The Labute approximate surface area is 162 Å². The lowest BCUT2D eigenvalue weighted by atomic mass is 10.1. The minimum absolute atomic E-state index is 0.276. The van der Waals surface area contributed by atoms with Gasteiger partial charge in [0.15, 0.2) is 0 Å². The molecule has 5 nitrogen and oxygen atoms in total. The second kappa shape index (κ2) is 8.47. The Morgan fingerprint density at radius 3 is 2.44 bits per heavy atom. The predicted molar refractivity (Wildman–Crippen MR) is 106 cm³/mol. The van der Waals surface area contributed by atoms with E-state index in [0.717, 1.165) is 11.1 Å². The van der Waals surface area contributed by atoms with Crippen LogP contribution in [0.5, 0.6) is 0 Å². The van der Waals surface area contributed by atoms with E-state index in [4.69, 9.17) is 11.6 Å². The van der Waals surface area contributed by atoms with Gasteiger partial charge in [0.25, 0.3) is 11.8 Å². The molecule has 2 amide bonds. The second-order valence-electron chi connectivity index (χ2n) is 6.07. The van der Waals surface area contributed by atoms with Crippen LogP contribution in [0.2, 0.25) is 5.02 Å². The number of pyridine rings is 1. The number of nitrogens with zero attached hydrogens (tertiary/aromatic N) is 1. The van der Waals surface area contributed by atoms with Crippen LogP contribution in [-0.4, -0.2) is 16.8 Å². The topological polar surface area (TPSA) is 71.1 Å². The van der Waals surface area contributed by atoms with E-state index in [1.807, 2.05) is 31.2 Å². The molecule has 6 heteroatoms.